The molecule has 0 N–H and O–H groups in total. The van der Waals surface area contributed by atoms with Gasteiger partial charge in [-0.1, -0.05) is 6.08 Å². The van der Waals surface area contributed by atoms with Crippen molar-refractivity contribution in [2.24, 2.45) is 0 Å². The summed E-state index contributed by atoms with van der Waals surface area (Å²) >= 11 is 0. The Morgan fingerprint density at radius 1 is 1.50 bits per heavy atom. The number of rotatable bonds is 4. The number of carbonyl (C=O) groups excluding carboxylic acids is 1. The van der Waals surface area contributed by atoms with E-state index in [1.54, 1.807) is 13.0 Å². The Kier molecular flexibility index (Phi) is 9.99. The third-order valence-electron chi connectivity index (χ3n) is 1.09. The Bertz CT molecular complexity index is 146. The van der Waals surface area contributed by atoms with Crippen molar-refractivity contribution < 1.29 is 9.53 Å². The molecule has 0 saturated carbocycles. The molecule has 0 aromatic carbocycles. The molecule has 0 radical (unpaired) electrons. The van der Waals surface area contributed by atoms with Gasteiger partial charge in [-0.3, -0.25) is 0 Å². The summed E-state index contributed by atoms with van der Waals surface area (Å²) in [7, 11) is 3.87. The number of hydrogen-bond donors (Lipinski definition) is 0. The third-order valence-corrected chi connectivity index (χ3v) is 1.09. The monoisotopic (exact) mass is 193 g/mol. The molecule has 0 atom stereocenters. The van der Waals surface area contributed by atoms with Crippen LogP contribution >= 0.6 is 12.4 Å². The number of halogens is 1. The molecular weight excluding hydrogens is 178 g/mol. The highest BCUT2D eigenvalue weighted by Crippen LogP contribution is 1.82. The van der Waals surface area contributed by atoms with E-state index in [4.69, 9.17) is 4.74 Å². The van der Waals surface area contributed by atoms with E-state index in [-0.39, 0.29) is 18.4 Å². The topological polar surface area (TPSA) is 29.5 Å². The number of ether oxygens (including phenoxy) is 1. The van der Waals surface area contributed by atoms with E-state index in [1.165, 1.54) is 6.08 Å². The van der Waals surface area contributed by atoms with Gasteiger partial charge in [-0.05, 0) is 21.0 Å². The molecule has 12 heavy (non-hydrogen) atoms. The molecule has 0 unspecified atom stereocenters. The normalized spacial score (nSPS) is 10.0. The highest BCUT2D eigenvalue weighted by atomic mass is 35.5. The number of carbonyl (C=O) groups is 1. The van der Waals surface area contributed by atoms with Crippen LogP contribution in [0.15, 0.2) is 12.2 Å². The lowest BCUT2D eigenvalue weighted by atomic mass is 10.5. The van der Waals surface area contributed by atoms with Crippen molar-refractivity contribution in [3.63, 3.8) is 0 Å². The number of likely N-dealkylation sites (N-methyl/N-ethyl adjacent to an activating group) is 1. The first kappa shape index (κ1) is 14.0. The van der Waals surface area contributed by atoms with Gasteiger partial charge in [0.05, 0.1) is 0 Å². The molecule has 0 aliphatic carbocycles. The van der Waals surface area contributed by atoms with E-state index in [0.29, 0.717) is 6.61 Å². The summed E-state index contributed by atoms with van der Waals surface area (Å²) in [6.07, 6.45) is 3.08. The second-order valence-corrected chi connectivity index (χ2v) is 2.47. The van der Waals surface area contributed by atoms with Gasteiger partial charge in [0.15, 0.2) is 0 Å². The maximum Gasteiger partial charge on any atom is 0.330 e. The van der Waals surface area contributed by atoms with E-state index >= 15 is 0 Å². The van der Waals surface area contributed by atoms with Gasteiger partial charge in [0.25, 0.3) is 0 Å². The van der Waals surface area contributed by atoms with Crippen molar-refractivity contribution in [2.45, 2.75) is 6.92 Å². The van der Waals surface area contributed by atoms with Gasteiger partial charge < -0.3 is 9.64 Å². The van der Waals surface area contributed by atoms with Crippen molar-refractivity contribution in [1.29, 1.82) is 0 Å². The van der Waals surface area contributed by atoms with Gasteiger partial charge >= 0.3 is 5.97 Å². The molecule has 4 heteroatoms. The molecule has 0 rings (SSSR count). The first-order valence-corrected chi connectivity index (χ1v) is 3.61. The van der Waals surface area contributed by atoms with E-state index in [1.807, 2.05) is 19.0 Å². The molecule has 0 bridgehead atoms. The molecule has 0 fully saturated rings. The molecule has 72 valence electrons. The molecule has 0 saturated heterocycles. The molecule has 0 aromatic heterocycles. The van der Waals surface area contributed by atoms with Crippen LogP contribution in [0.3, 0.4) is 0 Å². The number of hydrogen-bond acceptors (Lipinski definition) is 3. The lowest BCUT2D eigenvalue weighted by Crippen LogP contribution is -2.19. The average Bonchev–Trinajstić information content (AvgIpc) is 1.87. The van der Waals surface area contributed by atoms with Gasteiger partial charge in [-0.25, -0.2) is 4.79 Å². The summed E-state index contributed by atoms with van der Waals surface area (Å²) in [5.41, 5.74) is 0. The predicted octanol–water partition coefficient (Wildman–Crippen LogP) is 1.09. The Balaban J connectivity index is 0. The van der Waals surface area contributed by atoms with Crippen LogP contribution in [0.4, 0.5) is 0 Å². The van der Waals surface area contributed by atoms with Crippen molar-refractivity contribution in [2.75, 3.05) is 27.2 Å². The zero-order chi connectivity index (χ0) is 8.69. The SMILES string of the molecule is C/C=C/C(=O)OCCN(C)C.Cl. The number of nitrogens with zero attached hydrogens (tertiary/aromatic N) is 1. The fourth-order valence-electron chi connectivity index (χ4n) is 0.513. The minimum Gasteiger partial charge on any atom is -0.461 e. The first-order valence-electron chi connectivity index (χ1n) is 3.61. The fraction of sp³-hybridized carbons (Fsp3) is 0.625. The van der Waals surface area contributed by atoms with E-state index < -0.39 is 0 Å². The highest BCUT2D eigenvalue weighted by Gasteiger charge is 1.95. The van der Waals surface area contributed by atoms with Crippen LogP contribution in [-0.4, -0.2) is 38.1 Å². The first-order chi connectivity index (χ1) is 5.16. The van der Waals surface area contributed by atoms with Crippen molar-refractivity contribution >= 4 is 18.4 Å². The smallest absolute Gasteiger partial charge is 0.330 e. The van der Waals surface area contributed by atoms with Crippen molar-refractivity contribution in [3.05, 3.63) is 12.2 Å². The molecule has 0 amide bonds. The van der Waals surface area contributed by atoms with Crippen LogP contribution in [0.25, 0.3) is 0 Å². The Morgan fingerprint density at radius 2 is 2.08 bits per heavy atom. The highest BCUT2D eigenvalue weighted by molar-refractivity contribution is 5.85. The second-order valence-electron chi connectivity index (χ2n) is 2.47. The van der Waals surface area contributed by atoms with Gasteiger partial charge in [0, 0.05) is 12.6 Å². The van der Waals surface area contributed by atoms with Crippen molar-refractivity contribution in [3.8, 4) is 0 Å². The Labute approximate surface area is 79.8 Å². The lowest BCUT2D eigenvalue weighted by molar-refractivity contribution is -0.138. The summed E-state index contributed by atoms with van der Waals surface area (Å²) < 4.78 is 4.83. The Morgan fingerprint density at radius 3 is 2.50 bits per heavy atom. The molecule has 0 spiro atoms. The third kappa shape index (κ3) is 9.46. The van der Waals surface area contributed by atoms with Gasteiger partial charge in [-0.15, -0.1) is 12.4 Å². The summed E-state index contributed by atoms with van der Waals surface area (Å²) in [5.74, 6) is -0.269. The van der Waals surface area contributed by atoms with Crippen molar-refractivity contribution in [1.82, 2.24) is 4.90 Å². The maximum atomic E-state index is 10.7. The maximum absolute atomic E-state index is 10.7. The van der Waals surface area contributed by atoms with Gasteiger partial charge in [-0.2, -0.15) is 0 Å². The minimum atomic E-state index is -0.269. The van der Waals surface area contributed by atoms with Crippen LogP contribution in [0.1, 0.15) is 6.92 Å². The molecule has 3 nitrogen and oxygen atoms in total. The predicted molar refractivity (Wildman–Crippen MR) is 51.6 cm³/mol. The minimum absolute atomic E-state index is 0. The molecule has 0 aliphatic rings. The van der Waals surface area contributed by atoms with E-state index in [9.17, 15) is 4.79 Å². The van der Waals surface area contributed by atoms with E-state index in [2.05, 4.69) is 0 Å². The molecule has 0 aromatic rings. The lowest BCUT2D eigenvalue weighted by Gasteiger charge is -2.08. The quantitative estimate of drug-likeness (QED) is 0.495. The number of esters is 1. The standard InChI is InChI=1S/C8H15NO2.ClH/c1-4-5-8(10)11-7-6-9(2)3;/h4-5H,6-7H2,1-3H3;1H/b5-4+;. The largest absolute Gasteiger partial charge is 0.461 e. The fourth-order valence-corrected chi connectivity index (χ4v) is 0.513. The summed E-state index contributed by atoms with van der Waals surface area (Å²) in [6, 6.07) is 0. The zero-order valence-electron chi connectivity index (χ0n) is 7.74. The Hall–Kier alpha value is -0.540. The van der Waals surface area contributed by atoms with Gasteiger partial charge in [0.2, 0.25) is 0 Å². The van der Waals surface area contributed by atoms with Gasteiger partial charge in [0.1, 0.15) is 6.61 Å². The summed E-state index contributed by atoms with van der Waals surface area (Å²) in [6.45, 7) is 3.01. The van der Waals surface area contributed by atoms with Crippen LogP contribution in [0.5, 0.6) is 0 Å². The second kappa shape index (κ2) is 8.56. The average molecular weight is 194 g/mol. The van der Waals surface area contributed by atoms with E-state index in [0.717, 1.165) is 6.54 Å². The number of allylic oxidation sites excluding steroid dienone is 1. The zero-order valence-corrected chi connectivity index (χ0v) is 8.56. The molecular formula is C8H16ClNO2. The van der Waals surface area contributed by atoms with Crippen LogP contribution in [-0.2, 0) is 9.53 Å². The summed E-state index contributed by atoms with van der Waals surface area (Å²) in [5, 5.41) is 0. The molecule has 0 aliphatic heterocycles. The molecule has 0 heterocycles. The van der Waals surface area contributed by atoms with Crippen LogP contribution < -0.4 is 0 Å². The summed E-state index contributed by atoms with van der Waals surface area (Å²) in [4.78, 5) is 12.7. The van der Waals surface area contributed by atoms with Crippen LogP contribution in [0.2, 0.25) is 0 Å². The van der Waals surface area contributed by atoms with Crippen LogP contribution in [0, 0.1) is 0 Å².